The van der Waals surface area contributed by atoms with Gasteiger partial charge in [0.05, 0.1) is 5.56 Å². The highest BCUT2D eigenvalue weighted by molar-refractivity contribution is 5.96. The van der Waals surface area contributed by atoms with Crippen LogP contribution in [0.5, 0.6) is 0 Å². The van der Waals surface area contributed by atoms with Gasteiger partial charge < -0.3 is 9.64 Å². The third-order valence-electron chi connectivity index (χ3n) is 4.96. The molecule has 2 aromatic carbocycles. The van der Waals surface area contributed by atoms with Gasteiger partial charge in [-0.25, -0.2) is 13.6 Å². The minimum atomic E-state index is -0.872. The average molecular weight is 343 g/mol. The minimum Gasteiger partial charge on any atom is -0.450 e. The third kappa shape index (κ3) is 2.40. The van der Waals surface area contributed by atoms with Crippen molar-refractivity contribution in [1.29, 1.82) is 0 Å². The Morgan fingerprint density at radius 3 is 2.32 bits per heavy atom. The second-order valence-corrected chi connectivity index (χ2v) is 6.32. The first-order valence-electron chi connectivity index (χ1n) is 8.08. The molecule has 1 fully saturated rings. The number of nitrogens with zero attached hydrogens (tertiary/aromatic N) is 1. The van der Waals surface area contributed by atoms with E-state index in [4.69, 9.17) is 4.74 Å². The van der Waals surface area contributed by atoms with Crippen LogP contribution in [0.3, 0.4) is 0 Å². The quantitative estimate of drug-likeness (QED) is 0.747. The van der Waals surface area contributed by atoms with E-state index in [0.29, 0.717) is 18.4 Å². The van der Waals surface area contributed by atoms with Crippen molar-refractivity contribution >= 4 is 11.9 Å². The van der Waals surface area contributed by atoms with E-state index in [0.717, 1.165) is 17.7 Å². The van der Waals surface area contributed by atoms with E-state index in [-0.39, 0.29) is 19.1 Å². The standard InChI is InChI=1S/C19H15F2NO3/c20-14-6-3-7-15(21)16(14)17(23)22-10-8-19(9-11-22)13-5-2-1-4-12(13)18(24)25-19/h1-7H,8-11H2. The van der Waals surface area contributed by atoms with Crippen molar-refractivity contribution in [3.63, 3.8) is 0 Å². The van der Waals surface area contributed by atoms with Crippen LogP contribution in [0.25, 0.3) is 0 Å². The van der Waals surface area contributed by atoms with E-state index in [1.54, 1.807) is 12.1 Å². The summed E-state index contributed by atoms with van der Waals surface area (Å²) in [5, 5.41) is 0. The molecule has 1 saturated heterocycles. The number of benzene rings is 2. The molecule has 0 saturated carbocycles. The van der Waals surface area contributed by atoms with Crippen molar-refractivity contribution in [2.24, 2.45) is 0 Å². The maximum Gasteiger partial charge on any atom is 0.339 e. The van der Waals surface area contributed by atoms with E-state index < -0.39 is 28.7 Å². The van der Waals surface area contributed by atoms with Gasteiger partial charge in [0.15, 0.2) is 0 Å². The SMILES string of the molecule is O=C1OC2(CCN(C(=O)c3c(F)cccc3F)CC2)c2ccccc21. The van der Waals surface area contributed by atoms with Crippen LogP contribution in [0.15, 0.2) is 42.5 Å². The summed E-state index contributed by atoms with van der Waals surface area (Å²) < 4.78 is 33.3. The first-order valence-corrected chi connectivity index (χ1v) is 8.08. The van der Waals surface area contributed by atoms with Crippen LogP contribution in [-0.4, -0.2) is 29.9 Å². The zero-order chi connectivity index (χ0) is 17.6. The molecule has 0 radical (unpaired) electrons. The highest BCUT2D eigenvalue weighted by Gasteiger charge is 2.47. The Balaban J connectivity index is 1.57. The third-order valence-corrected chi connectivity index (χ3v) is 4.96. The minimum absolute atomic E-state index is 0.258. The Bertz CT molecular complexity index is 852. The molecule has 2 aromatic rings. The lowest BCUT2D eigenvalue weighted by molar-refractivity contribution is -0.0390. The zero-order valence-electron chi connectivity index (χ0n) is 13.3. The molecule has 0 unspecified atom stereocenters. The number of carbonyl (C=O) groups is 2. The van der Waals surface area contributed by atoms with Crippen LogP contribution in [-0.2, 0) is 10.3 Å². The number of esters is 1. The summed E-state index contributed by atoms with van der Waals surface area (Å²) in [7, 11) is 0. The summed E-state index contributed by atoms with van der Waals surface area (Å²) in [4.78, 5) is 26.0. The molecule has 2 aliphatic rings. The number of hydrogen-bond donors (Lipinski definition) is 0. The average Bonchev–Trinajstić information content (AvgIpc) is 2.88. The van der Waals surface area contributed by atoms with Crippen molar-refractivity contribution in [3.8, 4) is 0 Å². The number of piperidine rings is 1. The molecule has 1 amide bonds. The molecule has 0 atom stereocenters. The molecule has 4 rings (SSSR count). The number of fused-ring (bicyclic) bond motifs is 2. The van der Waals surface area contributed by atoms with Crippen LogP contribution in [0.1, 0.15) is 39.1 Å². The normalized spacial score (nSPS) is 18.2. The number of ether oxygens (including phenoxy) is 1. The summed E-state index contributed by atoms with van der Waals surface area (Å²) in [6, 6.07) is 10.6. The summed E-state index contributed by atoms with van der Waals surface area (Å²) in [5.41, 5.74) is 0.0759. The first kappa shape index (κ1) is 15.7. The van der Waals surface area contributed by atoms with Crippen molar-refractivity contribution < 1.29 is 23.1 Å². The number of amides is 1. The second kappa shape index (κ2) is 5.65. The van der Waals surface area contributed by atoms with Gasteiger partial charge in [-0.3, -0.25) is 4.79 Å². The van der Waals surface area contributed by atoms with Crippen molar-refractivity contribution in [3.05, 3.63) is 70.8 Å². The largest absolute Gasteiger partial charge is 0.450 e. The Kier molecular flexibility index (Phi) is 3.56. The summed E-state index contributed by atoms with van der Waals surface area (Å²) in [5.74, 6) is -2.79. The van der Waals surface area contributed by atoms with Gasteiger partial charge in [0.2, 0.25) is 0 Å². The first-order chi connectivity index (χ1) is 12.0. The van der Waals surface area contributed by atoms with E-state index in [2.05, 4.69) is 0 Å². The van der Waals surface area contributed by atoms with E-state index in [1.165, 1.54) is 11.0 Å². The maximum absolute atomic E-state index is 13.8. The molecule has 25 heavy (non-hydrogen) atoms. The molecular weight excluding hydrogens is 328 g/mol. The molecule has 0 N–H and O–H groups in total. The molecule has 0 aromatic heterocycles. The Hall–Kier alpha value is -2.76. The van der Waals surface area contributed by atoms with Crippen LogP contribution < -0.4 is 0 Å². The maximum atomic E-state index is 13.8. The van der Waals surface area contributed by atoms with Gasteiger partial charge in [-0.1, -0.05) is 24.3 Å². The van der Waals surface area contributed by atoms with Gasteiger partial charge in [-0.15, -0.1) is 0 Å². The predicted octanol–water partition coefficient (Wildman–Crippen LogP) is 3.27. The monoisotopic (exact) mass is 343 g/mol. The van der Waals surface area contributed by atoms with Crippen molar-refractivity contribution in [2.45, 2.75) is 18.4 Å². The summed E-state index contributed by atoms with van der Waals surface area (Å²) >= 11 is 0. The van der Waals surface area contributed by atoms with Gasteiger partial charge in [-0.2, -0.15) is 0 Å². The lowest BCUT2D eigenvalue weighted by Crippen LogP contribution is -2.45. The second-order valence-electron chi connectivity index (χ2n) is 6.32. The van der Waals surface area contributed by atoms with Gasteiger partial charge in [0.25, 0.3) is 5.91 Å². The molecule has 2 heterocycles. The number of hydrogen-bond acceptors (Lipinski definition) is 3. The summed E-state index contributed by atoms with van der Waals surface area (Å²) in [6.07, 6.45) is 0.801. The van der Waals surface area contributed by atoms with E-state index >= 15 is 0 Å². The van der Waals surface area contributed by atoms with Gasteiger partial charge in [-0.05, 0) is 18.2 Å². The molecular formula is C19H15F2NO3. The lowest BCUT2D eigenvalue weighted by atomic mass is 9.83. The molecule has 128 valence electrons. The Morgan fingerprint density at radius 1 is 1.00 bits per heavy atom. The van der Waals surface area contributed by atoms with Crippen LogP contribution in [0, 0.1) is 11.6 Å². The lowest BCUT2D eigenvalue weighted by Gasteiger charge is -2.38. The number of rotatable bonds is 1. The molecule has 6 heteroatoms. The van der Waals surface area contributed by atoms with Crippen molar-refractivity contribution in [2.75, 3.05) is 13.1 Å². The predicted molar refractivity (Wildman–Crippen MR) is 85.0 cm³/mol. The number of likely N-dealkylation sites (tertiary alicyclic amines) is 1. The Labute approximate surface area is 143 Å². The van der Waals surface area contributed by atoms with Crippen molar-refractivity contribution in [1.82, 2.24) is 4.90 Å². The Morgan fingerprint density at radius 2 is 1.64 bits per heavy atom. The van der Waals surface area contributed by atoms with E-state index in [1.807, 2.05) is 12.1 Å². The number of halogens is 2. The fraction of sp³-hybridized carbons (Fsp3) is 0.263. The highest BCUT2D eigenvalue weighted by atomic mass is 19.1. The smallest absolute Gasteiger partial charge is 0.339 e. The number of carbonyl (C=O) groups excluding carboxylic acids is 2. The van der Waals surface area contributed by atoms with Crippen LogP contribution >= 0.6 is 0 Å². The van der Waals surface area contributed by atoms with E-state index in [9.17, 15) is 18.4 Å². The zero-order valence-corrected chi connectivity index (χ0v) is 13.3. The molecule has 0 aliphatic carbocycles. The van der Waals surface area contributed by atoms with Crippen LogP contribution in [0.4, 0.5) is 8.78 Å². The van der Waals surface area contributed by atoms with Gasteiger partial charge in [0, 0.05) is 31.5 Å². The van der Waals surface area contributed by atoms with Gasteiger partial charge in [0.1, 0.15) is 22.8 Å². The van der Waals surface area contributed by atoms with Gasteiger partial charge >= 0.3 is 5.97 Å². The molecule has 2 aliphatic heterocycles. The fourth-order valence-electron chi connectivity index (χ4n) is 3.65. The summed E-state index contributed by atoms with van der Waals surface area (Å²) in [6.45, 7) is 0.516. The fourth-order valence-corrected chi connectivity index (χ4v) is 3.65. The molecule has 1 spiro atoms. The molecule has 0 bridgehead atoms. The van der Waals surface area contributed by atoms with Crippen LogP contribution in [0.2, 0.25) is 0 Å². The topological polar surface area (TPSA) is 46.6 Å². The molecule has 4 nitrogen and oxygen atoms in total. The highest BCUT2D eigenvalue weighted by Crippen LogP contribution is 2.44.